The second-order valence-electron chi connectivity index (χ2n) is 14.5. The summed E-state index contributed by atoms with van der Waals surface area (Å²) in [5.41, 5.74) is -9.05. The molecule has 2 aliphatic rings. The number of halogens is 7. The maximum atomic E-state index is 14.0. The van der Waals surface area contributed by atoms with Gasteiger partial charge in [0.1, 0.15) is 13.1 Å². The van der Waals surface area contributed by atoms with Crippen LogP contribution < -0.4 is 0 Å². The van der Waals surface area contributed by atoms with Crippen molar-refractivity contribution in [2.45, 2.75) is 154 Å². The molecule has 0 spiro atoms. The molecule has 12 heteroatoms. The van der Waals surface area contributed by atoms with E-state index in [0.717, 1.165) is 81.0 Å². The van der Waals surface area contributed by atoms with E-state index in [1.807, 2.05) is 0 Å². The third kappa shape index (κ3) is 13.4. The second-order valence-corrected chi connectivity index (χ2v) is 14.9. The summed E-state index contributed by atoms with van der Waals surface area (Å²) >= 11 is 2.72. The van der Waals surface area contributed by atoms with Crippen LogP contribution in [0.5, 0.6) is 0 Å². The molecular weight excluding hydrogens is 870 g/mol. The Labute approximate surface area is 404 Å². The molecule has 6 rings (SSSR count). The molecule has 62 heavy (non-hydrogen) atoms. The van der Waals surface area contributed by atoms with Crippen LogP contribution in [0, 0.1) is 0 Å². The zero-order valence-electron chi connectivity index (χ0n) is 57.0. The predicted octanol–water partition coefficient (Wildman–Crippen LogP) is 14.9. The quantitative estimate of drug-likeness (QED) is 0.0593. The highest BCUT2D eigenvalue weighted by atomic mass is 79.9. The molecule has 4 aromatic rings. The number of aryl methyl sites for hydroxylation is 2. The first-order valence-electron chi connectivity index (χ1n) is 31.4. The average molecular weight is 954 g/mol. The van der Waals surface area contributed by atoms with Gasteiger partial charge in [-0.15, -0.1) is 0 Å². The molecule has 336 valence electrons. The Morgan fingerprint density at radius 3 is 1.45 bits per heavy atom. The first kappa shape index (κ1) is 25.4. The van der Waals surface area contributed by atoms with Crippen molar-refractivity contribution in [2.75, 3.05) is 0 Å². The minimum Gasteiger partial charge on any atom is -0.392 e. The molecule has 2 saturated carbocycles. The van der Waals surface area contributed by atoms with E-state index in [1.54, 1.807) is 0 Å². The standard InChI is InChI=1S/C25H29BrF3NO.C25H30F3NO2/c1-3-19-14-21(10-11-22(19)15-26)17(2)30-31-16-18-9-12-23(20-7-5-4-6-8-20)24(13-18)25(27,28)29;1-3-19-14-21(10-11-22(19)15-30)17(2)29-31-16-18-9-12-23(20-7-5-4-6-8-20)24(13-18)25(26,27)28/h9-14,20H,3-8,15-16H2,1-2H3;9-14,20,30H,3-8,15-16H2,1-2H3/b30-17+;29-17+/i2*1D3,2D3,3D2,15D2,16D2. The second kappa shape index (κ2) is 23.0. The Morgan fingerprint density at radius 1 is 0.629 bits per heavy atom. The highest BCUT2D eigenvalue weighted by Crippen LogP contribution is 2.42. The van der Waals surface area contributed by atoms with Crippen molar-refractivity contribution >= 4 is 27.4 Å². The molecule has 0 radical (unpaired) electrons. The summed E-state index contributed by atoms with van der Waals surface area (Å²) in [5, 5.41) is 14.3. The maximum Gasteiger partial charge on any atom is 0.416 e. The van der Waals surface area contributed by atoms with Crippen LogP contribution in [0.4, 0.5) is 26.3 Å². The van der Waals surface area contributed by atoms with Crippen molar-refractivity contribution in [2.24, 2.45) is 10.3 Å². The normalized spacial score (nSPS) is 23.8. The number of oxime groups is 2. The van der Waals surface area contributed by atoms with Crippen LogP contribution in [0.3, 0.4) is 0 Å². The molecular formula is C50H59BrF6N2O3. The van der Waals surface area contributed by atoms with Crippen LogP contribution >= 0.6 is 15.9 Å². The van der Waals surface area contributed by atoms with Crippen LogP contribution in [-0.2, 0) is 59.7 Å². The molecule has 0 aliphatic heterocycles. The SMILES string of the molecule is [2H]C([2H])([2H])/C(=N\OC([2H])([2H])c1ccc(C2CCCCC2)c(C(F)(F)F)c1)c1ccc(C([2H])([2H])Br)c(C([2H])([2H])C([2H])([2H])[2H])c1.[2H]C([2H])([2H])/C(=N\OC([2H])([2H])c1ccc(C2CCCCC2)c(C(F)(F)F)c1)c1ccc(C([2H])([2H])O)c(C([2H])([2H])C([2H])([2H])[2H])c1. The van der Waals surface area contributed by atoms with Crippen LogP contribution in [0.15, 0.2) is 83.1 Å². The van der Waals surface area contributed by atoms with Gasteiger partial charge in [0.25, 0.3) is 0 Å². The van der Waals surface area contributed by atoms with E-state index in [2.05, 4.69) is 26.2 Å². The number of hydrogen-bond acceptors (Lipinski definition) is 5. The van der Waals surface area contributed by atoms with Crippen molar-refractivity contribution in [3.05, 3.63) is 140 Å². The van der Waals surface area contributed by atoms with Crippen molar-refractivity contribution < 1.29 is 74.0 Å². The van der Waals surface area contributed by atoms with Crippen LogP contribution in [0.1, 0.15) is 203 Å². The fraction of sp³-hybridized carbons (Fsp3) is 0.480. The molecule has 0 unspecified atom stereocenters. The van der Waals surface area contributed by atoms with Gasteiger partial charge in [-0.1, -0.05) is 127 Å². The third-order valence-electron chi connectivity index (χ3n) is 10.5. The molecule has 0 heterocycles. The van der Waals surface area contributed by atoms with Gasteiger partial charge in [0.05, 0.1) is 37.3 Å². The van der Waals surface area contributed by atoms with Gasteiger partial charge in [-0.25, -0.2) is 0 Å². The first-order valence-corrected chi connectivity index (χ1v) is 20.2. The lowest BCUT2D eigenvalue weighted by Crippen LogP contribution is -2.15. The van der Waals surface area contributed by atoms with Crippen LogP contribution in [0.2, 0.25) is 0 Å². The summed E-state index contributed by atoms with van der Waals surface area (Å²) in [6, 6.07) is 10.8. The highest BCUT2D eigenvalue weighted by Gasteiger charge is 2.37. The van der Waals surface area contributed by atoms with E-state index >= 15 is 0 Å². The van der Waals surface area contributed by atoms with Crippen LogP contribution in [0.25, 0.3) is 0 Å². The molecule has 2 aliphatic carbocycles. The predicted molar refractivity (Wildman–Crippen MR) is 239 cm³/mol. The summed E-state index contributed by atoms with van der Waals surface area (Å²) in [6.07, 6.45) is -8.93. The smallest absolute Gasteiger partial charge is 0.392 e. The van der Waals surface area contributed by atoms with Gasteiger partial charge in [0.2, 0.25) is 0 Å². The Hall–Kier alpha value is -4.16. The topological polar surface area (TPSA) is 63.4 Å². The minimum atomic E-state index is -4.82. The van der Waals surface area contributed by atoms with Gasteiger partial charge in [-0.2, -0.15) is 26.3 Å². The van der Waals surface area contributed by atoms with Gasteiger partial charge < -0.3 is 14.8 Å². The zero-order chi connectivity index (χ0) is 65.6. The van der Waals surface area contributed by atoms with E-state index in [-0.39, 0.29) is 23.0 Å². The molecule has 5 nitrogen and oxygen atoms in total. The summed E-state index contributed by atoms with van der Waals surface area (Å²) in [6.45, 7) is -22.4. The van der Waals surface area contributed by atoms with E-state index in [9.17, 15) is 31.4 Å². The number of benzene rings is 4. The number of alkyl halides is 7. The molecule has 4 aromatic carbocycles. The van der Waals surface area contributed by atoms with Gasteiger partial charge in [0.15, 0.2) is 0 Å². The molecule has 0 atom stereocenters. The zero-order valence-corrected chi connectivity index (χ0v) is 34.5. The van der Waals surface area contributed by atoms with E-state index in [4.69, 9.17) is 42.6 Å². The largest absolute Gasteiger partial charge is 0.416 e. The molecule has 2 fully saturated rings. The fourth-order valence-electron chi connectivity index (χ4n) is 7.39. The molecule has 0 bridgehead atoms. The van der Waals surface area contributed by atoms with Gasteiger partial charge in [-0.05, 0) is 144 Å². The summed E-state index contributed by atoms with van der Waals surface area (Å²) in [7, 11) is 0. The average Bonchev–Trinajstić information content (AvgIpc) is 0.886. The highest BCUT2D eigenvalue weighted by molar-refractivity contribution is 9.08. The lowest BCUT2D eigenvalue weighted by atomic mass is 9.81. The molecule has 0 aromatic heterocycles. The van der Waals surface area contributed by atoms with Crippen molar-refractivity contribution in [3.63, 3.8) is 0 Å². The first-order chi connectivity index (χ1) is 38.7. The summed E-state index contributed by atoms with van der Waals surface area (Å²) < 4.78 is 273. The monoisotopic (exact) mass is 953 g/mol. The number of hydrogen-bond donors (Lipinski definition) is 1. The fourth-order valence-corrected chi connectivity index (χ4v) is 7.73. The lowest BCUT2D eigenvalue weighted by molar-refractivity contribution is -0.139. The number of aliphatic hydroxyl groups is 1. The number of nitrogens with zero attached hydrogens (tertiary/aromatic N) is 2. The molecule has 0 saturated heterocycles. The van der Waals surface area contributed by atoms with Crippen molar-refractivity contribution in [1.82, 2.24) is 0 Å². The lowest BCUT2D eigenvalue weighted by Gasteiger charge is -2.25. The van der Waals surface area contributed by atoms with E-state index in [0.29, 0.717) is 43.9 Å². The molecule has 1 N–H and O–H groups in total. The summed E-state index contributed by atoms with van der Waals surface area (Å²) in [4.78, 5) is 9.78. The Bertz CT molecular complexity index is 2890. The van der Waals surface area contributed by atoms with Crippen LogP contribution in [-0.4, -0.2) is 16.5 Å². The molecule has 0 amide bonds. The maximum absolute atomic E-state index is 14.0. The minimum absolute atomic E-state index is 0.0262. The van der Waals surface area contributed by atoms with Gasteiger partial charge >= 0.3 is 12.4 Å². The van der Waals surface area contributed by atoms with E-state index < -0.39 is 145 Å². The Kier molecular flexibility index (Phi) is 9.40. The van der Waals surface area contributed by atoms with Gasteiger partial charge in [0, 0.05) is 30.0 Å². The Balaban J connectivity index is 0.000000314. The van der Waals surface area contributed by atoms with Crippen molar-refractivity contribution in [3.8, 4) is 0 Å². The van der Waals surface area contributed by atoms with Gasteiger partial charge in [-0.3, -0.25) is 0 Å². The number of rotatable bonds is 14. The van der Waals surface area contributed by atoms with E-state index in [1.165, 1.54) is 12.1 Å². The summed E-state index contributed by atoms with van der Waals surface area (Å²) in [5.74, 6) is -0.699. The van der Waals surface area contributed by atoms with Crippen molar-refractivity contribution in [1.29, 1.82) is 0 Å². The Morgan fingerprint density at radius 2 is 1.06 bits per heavy atom. The third-order valence-corrected chi connectivity index (χ3v) is 10.9.